The molecule has 0 bridgehead atoms. The van der Waals surface area contributed by atoms with Crippen molar-refractivity contribution in [1.29, 1.82) is 0 Å². The van der Waals surface area contributed by atoms with Crippen LogP contribution in [0.3, 0.4) is 0 Å². The molecule has 1 saturated carbocycles. The van der Waals surface area contributed by atoms with Gasteiger partial charge in [0.1, 0.15) is 5.78 Å². The minimum atomic E-state index is 0.413. The summed E-state index contributed by atoms with van der Waals surface area (Å²) in [6.07, 6.45) is 5.55. The van der Waals surface area contributed by atoms with Crippen LogP contribution in [0.4, 0.5) is 0 Å². The average molecular weight is 154 g/mol. The van der Waals surface area contributed by atoms with Crippen LogP contribution in [-0.2, 0) is 4.79 Å². The molecule has 0 aromatic rings. The predicted octanol–water partition coefficient (Wildman–Crippen LogP) is 2.79. The molecule has 1 aliphatic rings. The van der Waals surface area contributed by atoms with E-state index in [1.54, 1.807) is 0 Å². The van der Waals surface area contributed by atoms with Gasteiger partial charge in [-0.15, -0.1) is 0 Å². The lowest BCUT2D eigenvalue weighted by Crippen LogP contribution is -2.19. The number of ketones is 1. The predicted molar refractivity (Wildman–Crippen MR) is 46.4 cm³/mol. The maximum atomic E-state index is 11.3. The van der Waals surface area contributed by atoms with Crippen molar-refractivity contribution in [3.8, 4) is 0 Å². The normalized spacial score (nSPS) is 31.8. The van der Waals surface area contributed by atoms with E-state index in [9.17, 15) is 4.79 Å². The molecular weight excluding hydrogens is 136 g/mol. The summed E-state index contributed by atoms with van der Waals surface area (Å²) in [7, 11) is 0. The highest BCUT2D eigenvalue weighted by Crippen LogP contribution is 2.29. The van der Waals surface area contributed by atoms with Crippen molar-refractivity contribution in [2.45, 2.75) is 46.0 Å². The van der Waals surface area contributed by atoms with Crippen LogP contribution >= 0.6 is 0 Å². The van der Waals surface area contributed by atoms with Gasteiger partial charge in [-0.2, -0.15) is 0 Å². The fourth-order valence-electron chi connectivity index (χ4n) is 1.87. The Morgan fingerprint density at radius 3 is 2.27 bits per heavy atom. The lowest BCUT2D eigenvalue weighted by Gasteiger charge is -2.24. The molecular formula is C10H18O. The van der Waals surface area contributed by atoms with Gasteiger partial charge >= 0.3 is 0 Å². The zero-order chi connectivity index (χ0) is 8.27. The van der Waals surface area contributed by atoms with Crippen LogP contribution in [0.25, 0.3) is 0 Å². The Morgan fingerprint density at radius 1 is 1.27 bits per heavy atom. The Balaban J connectivity index is 2.33. The highest BCUT2D eigenvalue weighted by atomic mass is 16.1. The fraction of sp³-hybridized carbons (Fsp3) is 0.900. The second-order valence-electron chi connectivity index (χ2n) is 3.78. The van der Waals surface area contributed by atoms with Gasteiger partial charge in [0.25, 0.3) is 0 Å². The van der Waals surface area contributed by atoms with Crippen LogP contribution in [-0.4, -0.2) is 5.78 Å². The molecule has 11 heavy (non-hydrogen) atoms. The van der Waals surface area contributed by atoms with Crippen LogP contribution in [0, 0.1) is 11.8 Å². The summed E-state index contributed by atoms with van der Waals surface area (Å²) in [6, 6.07) is 0. The van der Waals surface area contributed by atoms with E-state index in [1.165, 1.54) is 12.8 Å². The van der Waals surface area contributed by atoms with E-state index in [2.05, 4.69) is 6.92 Å². The number of rotatable bonds is 2. The monoisotopic (exact) mass is 154 g/mol. The van der Waals surface area contributed by atoms with Crippen LogP contribution < -0.4 is 0 Å². The maximum Gasteiger partial charge on any atom is 0.135 e. The Bertz CT molecular complexity index is 132. The Hall–Kier alpha value is -0.330. The van der Waals surface area contributed by atoms with Gasteiger partial charge in [-0.05, 0) is 18.8 Å². The summed E-state index contributed by atoms with van der Waals surface area (Å²) >= 11 is 0. The van der Waals surface area contributed by atoms with Crippen molar-refractivity contribution in [2.75, 3.05) is 0 Å². The molecule has 1 nitrogen and oxygen atoms in total. The summed E-state index contributed by atoms with van der Waals surface area (Å²) in [5.41, 5.74) is 0. The zero-order valence-electron chi connectivity index (χ0n) is 7.60. The molecule has 0 unspecified atom stereocenters. The van der Waals surface area contributed by atoms with Crippen molar-refractivity contribution < 1.29 is 4.79 Å². The van der Waals surface area contributed by atoms with Crippen LogP contribution in [0.15, 0.2) is 0 Å². The van der Waals surface area contributed by atoms with Crippen molar-refractivity contribution in [1.82, 2.24) is 0 Å². The number of Topliss-reactive ketones (excluding diaryl/α,β-unsaturated/α-hetero) is 1. The molecule has 0 aliphatic heterocycles. The van der Waals surface area contributed by atoms with Gasteiger partial charge in [-0.1, -0.05) is 26.7 Å². The first-order valence-corrected chi connectivity index (χ1v) is 4.76. The highest BCUT2D eigenvalue weighted by Gasteiger charge is 2.22. The van der Waals surface area contributed by atoms with Crippen LogP contribution in [0.5, 0.6) is 0 Å². The molecule has 1 fully saturated rings. The van der Waals surface area contributed by atoms with Crippen LogP contribution in [0.1, 0.15) is 46.0 Å². The summed E-state index contributed by atoms with van der Waals surface area (Å²) in [6.45, 7) is 4.26. The molecule has 0 radical (unpaired) electrons. The van der Waals surface area contributed by atoms with Gasteiger partial charge < -0.3 is 0 Å². The highest BCUT2D eigenvalue weighted by molar-refractivity contribution is 5.80. The van der Waals surface area contributed by atoms with E-state index in [-0.39, 0.29) is 0 Å². The third-order valence-electron chi connectivity index (χ3n) is 2.82. The van der Waals surface area contributed by atoms with Crippen molar-refractivity contribution in [2.24, 2.45) is 11.8 Å². The Kier molecular flexibility index (Phi) is 3.10. The van der Waals surface area contributed by atoms with Crippen molar-refractivity contribution in [3.05, 3.63) is 0 Å². The number of hydrogen-bond acceptors (Lipinski definition) is 1. The summed E-state index contributed by atoms with van der Waals surface area (Å²) in [5, 5.41) is 0. The molecule has 0 heterocycles. The number of carbonyl (C=O) groups excluding carboxylic acids is 1. The maximum absolute atomic E-state index is 11.3. The second kappa shape index (κ2) is 3.89. The molecule has 64 valence electrons. The average Bonchev–Trinajstić information content (AvgIpc) is 2.05. The molecule has 0 aromatic heterocycles. The van der Waals surface area contributed by atoms with Gasteiger partial charge in [-0.3, -0.25) is 4.79 Å². The van der Waals surface area contributed by atoms with Gasteiger partial charge in [-0.25, -0.2) is 0 Å². The van der Waals surface area contributed by atoms with Gasteiger partial charge in [0, 0.05) is 12.3 Å². The zero-order valence-corrected chi connectivity index (χ0v) is 7.60. The molecule has 0 N–H and O–H groups in total. The molecule has 0 atom stereocenters. The third-order valence-corrected chi connectivity index (χ3v) is 2.82. The number of hydrogen-bond donors (Lipinski definition) is 0. The van der Waals surface area contributed by atoms with Crippen LogP contribution in [0.2, 0.25) is 0 Å². The Morgan fingerprint density at radius 2 is 1.82 bits per heavy atom. The largest absolute Gasteiger partial charge is 0.299 e. The van der Waals surface area contributed by atoms with E-state index in [1.807, 2.05) is 6.92 Å². The smallest absolute Gasteiger partial charge is 0.135 e. The van der Waals surface area contributed by atoms with E-state index >= 15 is 0 Å². The molecule has 0 aromatic carbocycles. The minimum Gasteiger partial charge on any atom is -0.299 e. The number of carbonyl (C=O) groups is 1. The van der Waals surface area contributed by atoms with E-state index in [0.717, 1.165) is 25.2 Å². The lowest BCUT2D eigenvalue weighted by atomic mass is 9.80. The van der Waals surface area contributed by atoms with E-state index < -0.39 is 0 Å². The lowest BCUT2D eigenvalue weighted by molar-refractivity contribution is -0.123. The molecule has 0 saturated heterocycles. The van der Waals surface area contributed by atoms with E-state index in [0.29, 0.717) is 11.7 Å². The standard InChI is InChI=1S/C10H18O/c1-3-10(11)9-6-4-8(2)5-7-9/h8-9H,3-7H2,1-2H3/t8-,9+. The van der Waals surface area contributed by atoms with Gasteiger partial charge in [0.05, 0.1) is 0 Å². The van der Waals surface area contributed by atoms with E-state index in [4.69, 9.17) is 0 Å². The molecule has 0 spiro atoms. The molecule has 1 heteroatoms. The van der Waals surface area contributed by atoms with Gasteiger partial charge in [0.2, 0.25) is 0 Å². The summed E-state index contributed by atoms with van der Waals surface area (Å²) in [4.78, 5) is 11.3. The summed E-state index contributed by atoms with van der Waals surface area (Å²) in [5.74, 6) is 1.75. The SMILES string of the molecule is CCC(=O)[C@H]1CC[C@@H](C)CC1. The minimum absolute atomic E-state index is 0.413. The molecule has 1 aliphatic carbocycles. The molecule has 1 rings (SSSR count). The topological polar surface area (TPSA) is 17.1 Å². The Labute approximate surface area is 69.2 Å². The van der Waals surface area contributed by atoms with Crippen molar-refractivity contribution >= 4 is 5.78 Å². The van der Waals surface area contributed by atoms with Gasteiger partial charge in [0.15, 0.2) is 0 Å². The first-order valence-electron chi connectivity index (χ1n) is 4.76. The quantitative estimate of drug-likeness (QED) is 0.597. The first-order chi connectivity index (χ1) is 5.24. The third kappa shape index (κ3) is 2.32. The summed E-state index contributed by atoms with van der Waals surface area (Å²) < 4.78 is 0. The first kappa shape index (κ1) is 8.76. The molecule has 0 amide bonds. The second-order valence-corrected chi connectivity index (χ2v) is 3.78. The fourth-order valence-corrected chi connectivity index (χ4v) is 1.87. The van der Waals surface area contributed by atoms with Crippen molar-refractivity contribution in [3.63, 3.8) is 0 Å².